The van der Waals surface area contributed by atoms with E-state index in [0.717, 1.165) is 42.9 Å². The minimum absolute atomic E-state index is 0.0991. The van der Waals surface area contributed by atoms with Crippen LogP contribution in [-0.2, 0) is 11.8 Å². The van der Waals surface area contributed by atoms with Gasteiger partial charge in [-0.2, -0.15) is 0 Å². The van der Waals surface area contributed by atoms with Crippen molar-refractivity contribution in [1.29, 1.82) is 0 Å². The Labute approximate surface area is 206 Å². The predicted molar refractivity (Wildman–Crippen MR) is 137 cm³/mol. The largest absolute Gasteiger partial charge is 0.507 e. The van der Waals surface area contributed by atoms with Gasteiger partial charge in [-0.1, -0.05) is 26.8 Å². The molecule has 1 aromatic rings. The van der Waals surface area contributed by atoms with Crippen molar-refractivity contribution in [1.82, 2.24) is 0 Å². The maximum Gasteiger partial charge on any atom is 0.123 e. The summed E-state index contributed by atoms with van der Waals surface area (Å²) in [5.41, 5.74) is 6.26. The highest BCUT2D eigenvalue weighted by molar-refractivity contribution is 5.57. The molecule has 7 aliphatic rings. The van der Waals surface area contributed by atoms with E-state index in [1.165, 1.54) is 80.9 Å². The normalized spacial score (nSPS) is 47.2. The third-order valence-electron chi connectivity index (χ3n) is 12.7. The quantitative estimate of drug-likeness (QED) is 0.486. The number of phenolic OH excluding ortho intramolecular Hbond substituents is 1. The Morgan fingerprint density at radius 1 is 1.00 bits per heavy atom. The van der Waals surface area contributed by atoms with Crippen LogP contribution in [0.15, 0.2) is 6.07 Å². The van der Waals surface area contributed by atoms with E-state index in [1.54, 1.807) is 5.56 Å². The molecule has 0 amide bonds. The predicted octanol–water partition coefficient (Wildman–Crippen LogP) is 7.59. The molecule has 186 valence electrons. The van der Waals surface area contributed by atoms with E-state index >= 15 is 0 Å². The van der Waals surface area contributed by atoms with Crippen LogP contribution in [0.5, 0.6) is 5.75 Å². The summed E-state index contributed by atoms with van der Waals surface area (Å²) in [5.74, 6) is 5.89. The molecule has 6 fully saturated rings. The molecule has 0 aliphatic heterocycles. The molecule has 8 rings (SSSR count). The third-order valence-corrected chi connectivity index (χ3v) is 12.7. The number of hydrogen-bond donors (Lipinski definition) is 2. The van der Waals surface area contributed by atoms with Crippen LogP contribution in [0.1, 0.15) is 132 Å². The molecule has 1 aromatic carbocycles. The molecule has 6 saturated carbocycles. The highest BCUT2D eigenvalue weighted by Gasteiger charge is 2.56. The fourth-order valence-corrected chi connectivity index (χ4v) is 11.3. The van der Waals surface area contributed by atoms with E-state index in [1.807, 2.05) is 0 Å². The molecule has 2 heteroatoms. The van der Waals surface area contributed by atoms with E-state index in [2.05, 4.69) is 26.8 Å². The van der Waals surface area contributed by atoms with E-state index in [9.17, 15) is 10.2 Å². The average Bonchev–Trinajstić information content (AvgIpc) is 3.11. The van der Waals surface area contributed by atoms with Crippen LogP contribution < -0.4 is 0 Å². The lowest BCUT2D eigenvalue weighted by Gasteiger charge is -2.57. The van der Waals surface area contributed by atoms with Crippen LogP contribution in [0.25, 0.3) is 0 Å². The second-order valence-corrected chi connectivity index (χ2v) is 14.3. The minimum atomic E-state index is -0.0991. The summed E-state index contributed by atoms with van der Waals surface area (Å²) in [5, 5.41) is 22.9. The number of rotatable bonds is 3. The summed E-state index contributed by atoms with van der Waals surface area (Å²) in [6.07, 6.45) is 16.4. The van der Waals surface area contributed by atoms with Gasteiger partial charge in [0.25, 0.3) is 0 Å². The number of phenols is 1. The highest BCUT2D eigenvalue weighted by atomic mass is 16.3. The molecule has 0 aromatic heterocycles. The van der Waals surface area contributed by atoms with Crippen molar-refractivity contribution in [2.24, 2.45) is 35.0 Å². The standard InChI is InChI=1S/C32H46O2/c1-4-18(2)29-24-6-5-23-22(9-10-31(3)26(23)7-8-28(31)33)25(24)14-27(30(29)34)32-15-19-11-20(16-32)13-21(12-19)17-32/h14,18-23,26,28,33-34H,4-13,15-17H2,1-3H3/t18?,19?,20?,21?,22-,23+,26-,28-,31-,32?/m0/s1. The molecule has 0 spiro atoms. The van der Waals surface area contributed by atoms with E-state index < -0.39 is 0 Å². The summed E-state index contributed by atoms with van der Waals surface area (Å²) in [4.78, 5) is 0. The van der Waals surface area contributed by atoms with Gasteiger partial charge in [-0.25, -0.2) is 0 Å². The highest BCUT2D eigenvalue weighted by Crippen LogP contribution is 2.65. The molecule has 2 N–H and O–H groups in total. The van der Waals surface area contributed by atoms with Crippen molar-refractivity contribution < 1.29 is 10.2 Å². The topological polar surface area (TPSA) is 40.5 Å². The van der Waals surface area contributed by atoms with Crippen LogP contribution in [-0.4, -0.2) is 16.3 Å². The van der Waals surface area contributed by atoms with Crippen molar-refractivity contribution in [2.75, 3.05) is 0 Å². The lowest BCUT2D eigenvalue weighted by molar-refractivity contribution is -0.0229. The van der Waals surface area contributed by atoms with Gasteiger partial charge in [0, 0.05) is 11.1 Å². The van der Waals surface area contributed by atoms with E-state index in [-0.39, 0.29) is 16.9 Å². The van der Waals surface area contributed by atoms with Crippen molar-refractivity contribution in [2.45, 2.75) is 128 Å². The maximum atomic E-state index is 12.0. The maximum absolute atomic E-state index is 12.0. The molecule has 2 nitrogen and oxygen atoms in total. The number of aromatic hydroxyl groups is 1. The minimum Gasteiger partial charge on any atom is -0.507 e. The summed E-state index contributed by atoms with van der Waals surface area (Å²) in [6, 6.07) is 2.59. The first-order valence-corrected chi connectivity index (χ1v) is 14.9. The van der Waals surface area contributed by atoms with Gasteiger partial charge in [0.1, 0.15) is 5.75 Å². The van der Waals surface area contributed by atoms with Crippen molar-refractivity contribution in [3.8, 4) is 5.75 Å². The van der Waals surface area contributed by atoms with Gasteiger partial charge in [-0.3, -0.25) is 0 Å². The monoisotopic (exact) mass is 462 g/mol. The fraction of sp³-hybridized carbons (Fsp3) is 0.812. The summed E-state index contributed by atoms with van der Waals surface area (Å²) in [7, 11) is 0. The SMILES string of the molecule is CCC(C)c1c(O)c(C23CC4CC(CC(C4)C2)C3)cc2c1CC[C@@H]1[C@@H]2CC[C@]2(C)[C@@H](O)CC[C@@H]12. The second-order valence-electron chi connectivity index (χ2n) is 14.3. The zero-order chi connectivity index (χ0) is 23.4. The van der Waals surface area contributed by atoms with Crippen LogP contribution in [0.2, 0.25) is 0 Å². The Hall–Kier alpha value is -1.02. The Balaban J connectivity index is 1.36. The Morgan fingerprint density at radius 2 is 1.68 bits per heavy atom. The zero-order valence-electron chi connectivity index (χ0n) is 21.8. The molecule has 0 radical (unpaired) electrons. The molecule has 0 heterocycles. The molecule has 4 bridgehead atoms. The smallest absolute Gasteiger partial charge is 0.123 e. The van der Waals surface area contributed by atoms with Crippen LogP contribution in [0.4, 0.5) is 0 Å². The van der Waals surface area contributed by atoms with Crippen molar-refractivity contribution in [3.05, 3.63) is 28.3 Å². The molecular formula is C32H46O2. The van der Waals surface area contributed by atoms with Gasteiger partial charge < -0.3 is 10.2 Å². The Kier molecular flexibility index (Phi) is 4.90. The summed E-state index contributed by atoms with van der Waals surface area (Å²) < 4.78 is 0. The second kappa shape index (κ2) is 7.50. The number of fused-ring (bicyclic) bond motifs is 5. The van der Waals surface area contributed by atoms with Gasteiger partial charge in [0.05, 0.1) is 6.10 Å². The average molecular weight is 463 g/mol. The van der Waals surface area contributed by atoms with Gasteiger partial charge in [0.2, 0.25) is 0 Å². The zero-order valence-corrected chi connectivity index (χ0v) is 21.8. The van der Waals surface area contributed by atoms with Gasteiger partial charge >= 0.3 is 0 Å². The Bertz CT molecular complexity index is 958. The van der Waals surface area contributed by atoms with Gasteiger partial charge in [-0.05, 0) is 147 Å². The number of aliphatic hydroxyl groups is 1. The first kappa shape index (κ1) is 22.2. The molecular weight excluding hydrogens is 416 g/mol. The summed E-state index contributed by atoms with van der Waals surface area (Å²) >= 11 is 0. The number of aliphatic hydroxyl groups excluding tert-OH is 1. The molecule has 6 atom stereocenters. The van der Waals surface area contributed by atoms with E-state index in [0.29, 0.717) is 23.5 Å². The molecule has 0 saturated heterocycles. The van der Waals surface area contributed by atoms with Crippen molar-refractivity contribution >= 4 is 0 Å². The Morgan fingerprint density at radius 3 is 2.32 bits per heavy atom. The van der Waals surface area contributed by atoms with Gasteiger partial charge in [0.15, 0.2) is 0 Å². The van der Waals surface area contributed by atoms with Crippen LogP contribution in [0, 0.1) is 35.0 Å². The van der Waals surface area contributed by atoms with Crippen LogP contribution >= 0.6 is 0 Å². The lowest BCUT2D eigenvalue weighted by Crippen LogP contribution is -2.49. The molecule has 34 heavy (non-hydrogen) atoms. The number of benzene rings is 1. The third kappa shape index (κ3) is 2.90. The fourth-order valence-electron chi connectivity index (χ4n) is 11.3. The lowest BCUT2D eigenvalue weighted by atomic mass is 9.47. The number of hydrogen-bond acceptors (Lipinski definition) is 2. The van der Waals surface area contributed by atoms with Gasteiger partial charge in [-0.15, -0.1) is 0 Å². The van der Waals surface area contributed by atoms with E-state index in [4.69, 9.17) is 0 Å². The molecule has 7 aliphatic carbocycles. The van der Waals surface area contributed by atoms with Crippen molar-refractivity contribution in [3.63, 3.8) is 0 Å². The summed E-state index contributed by atoms with van der Waals surface area (Å²) in [6.45, 7) is 7.05. The first-order valence-electron chi connectivity index (χ1n) is 14.9. The van der Waals surface area contributed by atoms with Crippen LogP contribution in [0.3, 0.4) is 0 Å². The molecule has 1 unspecified atom stereocenters. The first-order chi connectivity index (χ1) is 16.3.